The number of aryl methyl sites for hydroxylation is 1. The average Bonchev–Trinajstić information content (AvgIpc) is 2.94. The SMILES string of the molecule is CCCNC(=O)[C@@H](C)N(Cc1ccccc1C)C(=O)CN(c1cc(Cl)ccc1OC)S(=O)(=O)c1ccccc1. The van der Waals surface area contributed by atoms with Crippen molar-refractivity contribution in [3.63, 3.8) is 0 Å². The number of amides is 2. The second-order valence-electron chi connectivity index (χ2n) is 9.06. The van der Waals surface area contributed by atoms with Crippen LogP contribution in [0, 0.1) is 6.92 Å². The number of benzene rings is 3. The van der Waals surface area contributed by atoms with Gasteiger partial charge in [-0.05, 0) is 61.7 Å². The lowest BCUT2D eigenvalue weighted by Crippen LogP contribution is -2.51. The number of halogens is 1. The summed E-state index contributed by atoms with van der Waals surface area (Å²) >= 11 is 6.25. The van der Waals surface area contributed by atoms with Crippen LogP contribution < -0.4 is 14.4 Å². The molecule has 0 saturated carbocycles. The van der Waals surface area contributed by atoms with Gasteiger partial charge in [-0.2, -0.15) is 0 Å². The van der Waals surface area contributed by atoms with Crippen LogP contribution >= 0.6 is 11.6 Å². The van der Waals surface area contributed by atoms with E-state index in [1.165, 1.54) is 30.2 Å². The lowest BCUT2D eigenvalue weighted by atomic mass is 10.1. The zero-order chi connectivity index (χ0) is 28.6. The van der Waals surface area contributed by atoms with Gasteiger partial charge in [-0.1, -0.05) is 61.0 Å². The first-order valence-electron chi connectivity index (χ1n) is 12.6. The van der Waals surface area contributed by atoms with E-state index in [1.807, 2.05) is 38.1 Å². The van der Waals surface area contributed by atoms with Gasteiger partial charge in [0.05, 0.1) is 17.7 Å². The van der Waals surface area contributed by atoms with E-state index >= 15 is 0 Å². The standard InChI is InChI=1S/C29H34ClN3O5S/c1-5-17-31-29(35)22(3)32(19-23-12-10-9-11-21(23)2)28(34)20-33(26-18-24(30)15-16-27(26)38-4)39(36,37)25-13-7-6-8-14-25/h6-16,18,22H,5,17,19-20H2,1-4H3,(H,31,35)/t22-/m1/s1. The number of carbonyl (C=O) groups excluding carboxylic acids is 2. The number of hydrogen-bond acceptors (Lipinski definition) is 5. The maximum atomic E-state index is 14.0. The summed E-state index contributed by atoms with van der Waals surface area (Å²) in [6.45, 7) is 5.50. The molecule has 0 saturated heterocycles. The van der Waals surface area contributed by atoms with E-state index < -0.39 is 28.5 Å². The summed E-state index contributed by atoms with van der Waals surface area (Å²) in [5.41, 5.74) is 1.90. The first-order chi connectivity index (χ1) is 18.6. The zero-order valence-corrected chi connectivity index (χ0v) is 24.1. The Hall–Kier alpha value is -3.56. The largest absolute Gasteiger partial charge is 0.495 e. The highest BCUT2D eigenvalue weighted by atomic mass is 35.5. The predicted octanol–water partition coefficient (Wildman–Crippen LogP) is 4.80. The highest BCUT2D eigenvalue weighted by Gasteiger charge is 2.34. The second-order valence-corrected chi connectivity index (χ2v) is 11.4. The molecule has 10 heteroatoms. The Morgan fingerprint density at radius 1 is 1.03 bits per heavy atom. The van der Waals surface area contributed by atoms with Crippen LogP contribution in [0.1, 0.15) is 31.4 Å². The summed E-state index contributed by atoms with van der Waals surface area (Å²) in [5, 5.41) is 3.11. The van der Waals surface area contributed by atoms with Crippen molar-refractivity contribution >= 4 is 39.1 Å². The van der Waals surface area contributed by atoms with E-state index in [4.69, 9.17) is 16.3 Å². The van der Waals surface area contributed by atoms with Crippen LogP contribution in [-0.4, -0.2) is 51.4 Å². The molecule has 0 aliphatic carbocycles. The van der Waals surface area contributed by atoms with Gasteiger partial charge in [0.15, 0.2) is 0 Å². The molecule has 39 heavy (non-hydrogen) atoms. The van der Waals surface area contributed by atoms with Crippen LogP contribution in [0.2, 0.25) is 5.02 Å². The number of sulfonamides is 1. The summed E-state index contributed by atoms with van der Waals surface area (Å²) in [5.74, 6) is -0.651. The lowest BCUT2D eigenvalue weighted by Gasteiger charge is -2.32. The molecule has 2 amide bonds. The Morgan fingerprint density at radius 2 is 1.69 bits per heavy atom. The number of ether oxygens (including phenoxy) is 1. The molecule has 8 nitrogen and oxygen atoms in total. The average molecular weight is 572 g/mol. The van der Waals surface area contributed by atoms with Gasteiger partial charge in [0.2, 0.25) is 11.8 Å². The van der Waals surface area contributed by atoms with Gasteiger partial charge < -0.3 is 15.0 Å². The molecule has 0 aliphatic heterocycles. The van der Waals surface area contributed by atoms with Gasteiger partial charge in [0, 0.05) is 18.1 Å². The summed E-state index contributed by atoms with van der Waals surface area (Å²) in [4.78, 5) is 28.4. The molecule has 3 aromatic rings. The molecule has 0 heterocycles. The van der Waals surface area contributed by atoms with E-state index in [1.54, 1.807) is 37.3 Å². The Morgan fingerprint density at radius 3 is 2.33 bits per heavy atom. The third-order valence-electron chi connectivity index (χ3n) is 6.34. The highest BCUT2D eigenvalue weighted by Crippen LogP contribution is 2.35. The van der Waals surface area contributed by atoms with Crippen LogP contribution in [0.5, 0.6) is 5.75 Å². The number of rotatable bonds is 12. The normalized spacial score (nSPS) is 11.9. The fourth-order valence-corrected chi connectivity index (χ4v) is 5.64. The molecule has 0 bridgehead atoms. The highest BCUT2D eigenvalue weighted by molar-refractivity contribution is 7.92. The minimum absolute atomic E-state index is 0.000908. The Balaban J connectivity index is 2.09. The van der Waals surface area contributed by atoms with Gasteiger partial charge in [-0.15, -0.1) is 0 Å². The minimum atomic E-state index is -4.23. The summed E-state index contributed by atoms with van der Waals surface area (Å²) in [6, 6.07) is 19.1. The van der Waals surface area contributed by atoms with Gasteiger partial charge in [-0.3, -0.25) is 13.9 Å². The fourth-order valence-electron chi connectivity index (χ4n) is 4.04. The van der Waals surface area contributed by atoms with E-state index in [0.29, 0.717) is 6.54 Å². The quantitative estimate of drug-likeness (QED) is 0.337. The molecular formula is C29H34ClN3O5S. The van der Waals surface area contributed by atoms with Crippen LogP contribution in [0.3, 0.4) is 0 Å². The Bertz CT molecular complexity index is 1400. The minimum Gasteiger partial charge on any atom is -0.495 e. The van der Waals surface area contributed by atoms with Crippen molar-refractivity contribution in [2.24, 2.45) is 0 Å². The second kappa shape index (κ2) is 13.5. The molecule has 3 aromatic carbocycles. The smallest absolute Gasteiger partial charge is 0.264 e. The number of methoxy groups -OCH3 is 1. The van der Waals surface area contributed by atoms with Gasteiger partial charge >= 0.3 is 0 Å². The molecule has 0 aromatic heterocycles. The van der Waals surface area contributed by atoms with Gasteiger partial charge in [0.1, 0.15) is 18.3 Å². The zero-order valence-electron chi connectivity index (χ0n) is 22.6. The van der Waals surface area contributed by atoms with Crippen LogP contribution in [0.25, 0.3) is 0 Å². The summed E-state index contributed by atoms with van der Waals surface area (Å²) in [6.07, 6.45) is 0.738. The Labute approximate surface area is 235 Å². The van der Waals surface area contributed by atoms with Crippen molar-refractivity contribution in [1.29, 1.82) is 0 Å². The predicted molar refractivity (Wildman–Crippen MR) is 153 cm³/mol. The van der Waals surface area contributed by atoms with E-state index in [0.717, 1.165) is 21.9 Å². The first kappa shape index (κ1) is 30.0. The maximum Gasteiger partial charge on any atom is 0.264 e. The van der Waals surface area contributed by atoms with Crippen molar-refractivity contribution in [2.45, 2.75) is 44.7 Å². The molecule has 1 N–H and O–H groups in total. The van der Waals surface area contributed by atoms with Crippen molar-refractivity contribution in [1.82, 2.24) is 10.2 Å². The van der Waals surface area contributed by atoms with Crippen molar-refractivity contribution < 1.29 is 22.7 Å². The number of nitrogens with one attached hydrogen (secondary N) is 1. The van der Waals surface area contributed by atoms with Gasteiger partial charge in [0.25, 0.3) is 10.0 Å². The van der Waals surface area contributed by atoms with Crippen LogP contribution in [-0.2, 0) is 26.2 Å². The van der Waals surface area contributed by atoms with E-state index in [-0.39, 0.29) is 33.8 Å². The topological polar surface area (TPSA) is 96.0 Å². The molecule has 0 aliphatic rings. The van der Waals surface area contributed by atoms with E-state index in [2.05, 4.69) is 5.32 Å². The fraction of sp³-hybridized carbons (Fsp3) is 0.310. The monoisotopic (exact) mass is 571 g/mol. The lowest BCUT2D eigenvalue weighted by molar-refractivity contribution is -0.139. The Kier molecular flexibility index (Phi) is 10.4. The molecular weight excluding hydrogens is 538 g/mol. The molecule has 0 spiro atoms. The maximum absolute atomic E-state index is 14.0. The third kappa shape index (κ3) is 7.30. The van der Waals surface area contributed by atoms with Crippen molar-refractivity contribution in [3.8, 4) is 5.75 Å². The first-order valence-corrected chi connectivity index (χ1v) is 14.4. The molecule has 0 unspecified atom stereocenters. The molecule has 3 rings (SSSR count). The van der Waals surface area contributed by atoms with E-state index in [9.17, 15) is 18.0 Å². The van der Waals surface area contributed by atoms with Crippen molar-refractivity contribution in [2.75, 3.05) is 24.5 Å². The van der Waals surface area contributed by atoms with Crippen LogP contribution in [0.15, 0.2) is 77.7 Å². The number of carbonyl (C=O) groups is 2. The van der Waals surface area contributed by atoms with Gasteiger partial charge in [-0.25, -0.2) is 8.42 Å². The van der Waals surface area contributed by atoms with Crippen LogP contribution in [0.4, 0.5) is 5.69 Å². The summed E-state index contributed by atoms with van der Waals surface area (Å²) < 4.78 is 34.2. The third-order valence-corrected chi connectivity index (χ3v) is 8.35. The molecule has 208 valence electrons. The van der Waals surface area contributed by atoms with Crippen molar-refractivity contribution in [3.05, 3.63) is 88.9 Å². The number of nitrogens with zero attached hydrogens (tertiary/aromatic N) is 2. The summed E-state index contributed by atoms with van der Waals surface area (Å²) in [7, 11) is -2.82. The molecule has 1 atom stereocenters. The molecule has 0 radical (unpaired) electrons. The number of anilines is 1. The number of hydrogen-bond donors (Lipinski definition) is 1. The molecule has 0 fully saturated rings.